The zero-order chi connectivity index (χ0) is 9.68. The van der Waals surface area contributed by atoms with E-state index in [1.54, 1.807) is 30.5 Å². The quantitative estimate of drug-likeness (QED) is 0.747. The van der Waals surface area contributed by atoms with E-state index in [1.807, 2.05) is 0 Å². The predicted molar refractivity (Wildman–Crippen MR) is 52.1 cm³/mol. The van der Waals surface area contributed by atoms with Gasteiger partial charge >= 0.3 is 0 Å². The lowest BCUT2D eigenvalue weighted by atomic mass is 10.2. The fourth-order valence-electron chi connectivity index (χ4n) is 0.832. The highest BCUT2D eigenvalue weighted by atomic mass is 35.5. The number of primary amides is 1. The van der Waals surface area contributed by atoms with E-state index < -0.39 is 0 Å². The highest BCUT2D eigenvalue weighted by molar-refractivity contribution is 6.29. The molecule has 2 N–H and O–H groups in total. The predicted octanol–water partition coefficient (Wildman–Crippen LogP) is 1.62. The largest absolute Gasteiger partial charge is 0.369 e. The number of hydrogen-bond acceptors (Lipinski definition) is 2. The molecule has 0 radical (unpaired) electrons. The molecule has 0 spiro atoms. The molecule has 0 aliphatic carbocycles. The first-order valence-corrected chi connectivity index (χ1v) is 4.12. The Morgan fingerprint density at radius 2 is 2.46 bits per heavy atom. The molecule has 0 aromatic carbocycles. The Bertz CT molecular complexity index is 336. The van der Waals surface area contributed by atoms with Gasteiger partial charge in [-0.1, -0.05) is 23.8 Å². The molecule has 0 aliphatic rings. The first-order chi connectivity index (χ1) is 6.18. The molecule has 3 nitrogen and oxygen atoms in total. The van der Waals surface area contributed by atoms with Crippen molar-refractivity contribution in [2.45, 2.75) is 6.42 Å². The van der Waals surface area contributed by atoms with Gasteiger partial charge in [0.15, 0.2) is 0 Å². The molecule has 1 heterocycles. The summed E-state index contributed by atoms with van der Waals surface area (Å²) in [6, 6.07) is 3.50. The maximum absolute atomic E-state index is 10.4. The third-order valence-electron chi connectivity index (χ3n) is 1.38. The van der Waals surface area contributed by atoms with Crippen molar-refractivity contribution >= 4 is 23.6 Å². The fraction of sp³-hybridized carbons (Fsp3) is 0.111. The summed E-state index contributed by atoms with van der Waals surface area (Å²) >= 11 is 5.65. The minimum absolute atomic E-state index is 0.236. The van der Waals surface area contributed by atoms with Crippen LogP contribution in [0.25, 0.3) is 6.08 Å². The Morgan fingerprint density at radius 1 is 1.69 bits per heavy atom. The molecule has 0 saturated heterocycles. The maximum Gasteiger partial charge on any atom is 0.221 e. The second-order valence-corrected chi connectivity index (χ2v) is 2.87. The van der Waals surface area contributed by atoms with E-state index in [9.17, 15) is 4.79 Å². The number of carbonyl (C=O) groups excluding carboxylic acids is 1. The lowest BCUT2D eigenvalue weighted by Crippen LogP contribution is -2.07. The Kier molecular flexibility index (Phi) is 3.46. The number of hydrogen-bond donors (Lipinski definition) is 1. The summed E-state index contributed by atoms with van der Waals surface area (Å²) in [6.07, 6.45) is 5.30. The van der Waals surface area contributed by atoms with Crippen LogP contribution in [-0.2, 0) is 4.79 Å². The molecule has 1 rings (SSSR count). The third kappa shape index (κ3) is 3.71. The van der Waals surface area contributed by atoms with Gasteiger partial charge in [0.05, 0.1) is 0 Å². The lowest BCUT2D eigenvalue weighted by Gasteiger charge is -1.92. The van der Waals surface area contributed by atoms with Crippen LogP contribution in [-0.4, -0.2) is 10.9 Å². The van der Waals surface area contributed by atoms with E-state index in [2.05, 4.69) is 4.98 Å². The van der Waals surface area contributed by atoms with Gasteiger partial charge in [0.1, 0.15) is 5.15 Å². The topological polar surface area (TPSA) is 56.0 Å². The lowest BCUT2D eigenvalue weighted by molar-refractivity contribution is -0.117. The van der Waals surface area contributed by atoms with Crippen molar-refractivity contribution in [2.75, 3.05) is 0 Å². The van der Waals surface area contributed by atoms with E-state index in [-0.39, 0.29) is 12.3 Å². The van der Waals surface area contributed by atoms with Gasteiger partial charge in [0.2, 0.25) is 5.91 Å². The third-order valence-corrected chi connectivity index (χ3v) is 1.59. The van der Waals surface area contributed by atoms with Crippen LogP contribution in [0.15, 0.2) is 24.4 Å². The van der Waals surface area contributed by atoms with Gasteiger partial charge in [-0.3, -0.25) is 4.79 Å². The molecular formula is C9H9ClN2O. The SMILES string of the molecule is NC(=O)CC=Cc1ccnc(Cl)c1. The molecular weight excluding hydrogens is 188 g/mol. The maximum atomic E-state index is 10.4. The molecule has 13 heavy (non-hydrogen) atoms. The van der Waals surface area contributed by atoms with Crippen molar-refractivity contribution in [3.8, 4) is 0 Å². The van der Waals surface area contributed by atoms with Crippen molar-refractivity contribution in [2.24, 2.45) is 5.73 Å². The highest BCUT2D eigenvalue weighted by Gasteiger charge is 1.90. The first kappa shape index (κ1) is 9.74. The molecule has 1 amide bonds. The monoisotopic (exact) mass is 196 g/mol. The van der Waals surface area contributed by atoms with E-state index in [0.29, 0.717) is 5.15 Å². The van der Waals surface area contributed by atoms with E-state index in [1.165, 1.54) is 0 Å². The van der Waals surface area contributed by atoms with Gasteiger partial charge in [0.25, 0.3) is 0 Å². The summed E-state index contributed by atoms with van der Waals surface area (Å²) in [7, 11) is 0. The van der Waals surface area contributed by atoms with Crippen LogP contribution in [0, 0.1) is 0 Å². The van der Waals surface area contributed by atoms with Crippen molar-refractivity contribution in [3.05, 3.63) is 35.1 Å². The summed E-state index contributed by atoms with van der Waals surface area (Å²) in [4.78, 5) is 14.2. The average molecular weight is 197 g/mol. The normalized spacial score (nSPS) is 10.5. The molecule has 0 aliphatic heterocycles. The Balaban J connectivity index is 2.63. The number of rotatable bonds is 3. The van der Waals surface area contributed by atoms with Crippen LogP contribution in [0.5, 0.6) is 0 Å². The summed E-state index contributed by atoms with van der Waals surface area (Å²) < 4.78 is 0. The Labute approximate surface area is 81.2 Å². The van der Waals surface area contributed by atoms with Crippen LogP contribution < -0.4 is 5.73 Å². The number of nitrogens with zero attached hydrogens (tertiary/aromatic N) is 1. The van der Waals surface area contributed by atoms with Gasteiger partial charge in [-0.2, -0.15) is 0 Å². The van der Waals surface area contributed by atoms with Crippen LogP contribution in [0.1, 0.15) is 12.0 Å². The molecule has 0 saturated carbocycles. The number of halogens is 1. The molecule has 68 valence electrons. The zero-order valence-electron chi connectivity index (χ0n) is 6.90. The second-order valence-electron chi connectivity index (χ2n) is 2.48. The standard InChI is InChI=1S/C9H9ClN2O/c10-8-6-7(4-5-12-8)2-1-3-9(11)13/h1-2,4-6H,3H2,(H2,11,13). The van der Waals surface area contributed by atoms with Crippen LogP contribution in [0.3, 0.4) is 0 Å². The fourth-order valence-corrected chi connectivity index (χ4v) is 1.01. The molecule has 1 aromatic heterocycles. The zero-order valence-corrected chi connectivity index (χ0v) is 7.66. The van der Waals surface area contributed by atoms with Crippen molar-refractivity contribution in [3.63, 3.8) is 0 Å². The van der Waals surface area contributed by atoms with Crippen LogP contribution in [0.4, 0.5) is 0 Å². The van der Waals surface area contributed by atoms with Crippen LogP contribution >= 0.6 is 11.6 Å². The van der Waals surface area contributed by atoms with Crippen molar-refractivity contribution in [1.29, 1.82) is 0 Å². The van der Waals surface area contributed by atoms with Crippen molar-refractivity contribution < 1.29 is 4.79 Å². The van der Waals surface area contributed by atoms with Gasteiger partial charge in [-0.25, -0.2) is 4.98 Å². The highest BCUT2D eigenvalue weighted by Crippen LogP contribution is 2.08. The van der Waals surface area contributed by atoms with Gasteiger partial charge in [0, 0.05) is 12.6 Å². The van der Waals surface area contributed by atoms with E-state index in [0.717, 1.165) is 5.56 Å². The summed E-state index contributed by atoms with van der Waals surface area (Å²) in [5, 5.41) is 0.432. The molecule has 0 atom stereocenters. The van der Waals surface area contributed by atoms with E-state index in [4.69, 9.17) is 17.3 Å². The number of amides is 1. The number of nitrogens with two attached hydrogens (primary N) is 1. The number of aromatic nitrogens is 1. The molecule has 0 bridgehead atoms. The molecule has 1 aromatic rings. The Hall–Kier alpha value is -1.35. The second kappa shape index (κ2) is 4.62. The molecule has 0 fully saturated rings. The minimum Gasteiger partial charge on any atom is -0.369 e. The minimum atomic E-state index is -0.351. The summed E-state index contributed by atoms with van der Waals surface area (Å²) in [6.45, 7) is 0. The summed E-state index contributed by atoms with van der Waals surface area (Å²) in [5.74, 6) is -0.351. The van der Waals surface area contributed by atoms with Crippen LogP contribution in [0.2, 0.25) is 5.15 Å². The Morgan fingerprint density at radius 3 is 3.08 bits per heavy atom. The molecule has 0 unspecified atom stereocenters. The average Bonchev–Trinajstić information content (AvgIpc) is 2.03. The van der Waals surface area contributed by atoms with Gasteiger partial charge in [-0.05, 0) is 17.7 Å². The van der Waals surface area contributed by atoms with Gasteiger partial charge in [-0.15, -0.1) is 0 Å². The first-order valence-electron chi connectivity index (χ1n) is 3.75. The van der Waals surface area contributed by atoms with Crippen molar-refractivity contribution in [1.82, 2.24) is 4.98 Å². The molecule has 4 heteroatoms. The van der Waals surface area contributed by atoms with Gasteiger partial charge < -0.3 is 5.73 Å². The number of carbonyl (C=O) groups is 1. The summed E-state index contributed by atoms with van der Waals surface area (Å²) in [5.41, 5.74) is 5.86. The number of pyridine rings is 1. The smallest absolute Gasteiger partial charge is 0.221 e. The van der Waals surface area contributed by atoms with E-state index >= 15 is 0 Å².